The van der Waals surface area contributed by atoms with Crippen molar-refractivity contribution < 1.29 is 4.79 Å². The second kappa shape index (κ2) is 5.63. The number of amides is 1. The van der Waals surface area contributed by atoms with Crippen LogP contribution in [0.1, 0.15) is 35.1 Å². The number of carbonyl (C=O) groups excluding carboxylic acids is 1. The van der Waals surface area contributed by atoms with Gasteiger partial charge in [0.05, 0.1) is 16.7 Å². The Hall–Kier alpha value is -1.63. The standard InChI is InChI=1S/C14H18BrN5O/c1-10-7-13(17-18(10)2)14(21)19-5-3-12(4-6-19)20-9-11(15)8-16-20/h7-9,12H,3-6H2,1-2H3. The average molecular weight is 352 g/mol. The summed E-state index contributed by atoms with van der Waals surface area (Å²) >= 11 is 3.42. The molecule has 21 heavy (non-hydrogen) atoms. The largest absolute Gasteiger partial charge is 0.337 e. The quantitative estimate of drug-likeness (QED) is 0.832. The third-order valence-electron chi connectivity index (χ3n) is 4.03. The van der Waals surface area contributed by atoms with Gasteiger partial charge in [-0.15, -0.1) is 0 Å². The predicted molar refractivity (Wildman–Crippen MR) is 82.0 cm³/mol. The molecule has 0 saturated carbocycles. The van der Waals surface area contributed by atoms with Crippen molar-refractivity contribution in [3.63, 3.8) is 0 Å². The first-order valence-electron chi connectivity index (χ1n) is 7.04. The molecular formula is C14H18BrN5O. The smallest absolute Gasteiger partial charge is 0.274 e. The van der Waals surface area contributed by atoms with Crippen molar-refractivity contribution in [1.82, 2.24) is 24.5 Å². The van der Waals surface area contributed by atoms with Gasteiger partial charge >= 0.3 is 0 Å². The van der Waals surface area contributed by atoms with Gasteiger partial charge in [-0.05, 0) is 41.8 Å². The maximum Gasteiger partial charge on any atom is 0.274 e. The minimum Gasteiger partial charge on any atom is -0.337 e. The van der Waals surface area contributed by atoms with E-state index in [2.05, 4.69) is 26.1 Å². The third kappa shape index (κ3) is 2.88. The zero-order valence-corrected chi connectivity index (χ0v) is 13.7. The van der Waals surface area contributed by atoms with Gasteiger partial charge in [0.1, 0.15) is 0 Å². The highest BCUT2D eigenvalue weighted by Gasteiger charge is 2.26. The maximum atomic E-state index is 12.4. The normalized spacial score (nSPS) is 16.4. The second-order valence-corrected chi connectivity index (χ2v) is 6.37. The highest BCUT2D eigenvalue weighted by molar-refractivity contribution is 9.10. The molecule has 0 bridgehead atoms. The highest BCUT2D eigenvalue weighted by Crippen LogP contribution is 2.24. The van der Waals surface area contributed by atoms with E-state index in [0.717, 1.165) is 36.1 Å². The number of rotatable bonds is 2. The molecule has 1 fully saturated rings. The number of hydrogen-bond acceptors (Lipinski definition) is 3. The Balaban J connectivity index is 1.64. The molecule has 6 nitrogen and oxygen atoms in total. The van der Waals surface area contributed by atoms with Crippen LogP contribution >= 0.6 is 15.9 Å². The van der Waals surface area contributed by atoms with E-state index in [0.29, 0.717) is 11.7 Å². The van der Waals surface area contributed by atoms with Gasteiger partial charge in [-0.1, -0.05) is 0 Å². The number of hydrogen-bond donors (Lipinski definition) is 0. The first-order chi connectivity index (χ1) is 10.0. The third-order valence-corrected chi connectivity index (χ3v) is 4.44. The molecule has 2 aromatic rings. The van der Waals surface area contributed by atoms with Crippen molar-refractivity contribution in [3.8, 4) is 0 Å². The summed E-state index contributed by atoms with van der Waals surface area (Å²) in [5.41, 5.74) is 1.53. The van der Waals surface area contributed by atoms with Gasteiger partial charge in [0.2, 0.25) is 0 Å². The SMILES string of the molecule is Cc1cc(C(=O)N2CCC(n3cc(Br)cn3)CC2)nn1C. The Labute approximate surface area is 131 Å². The number of likely N-dealkylation sites (tertiary alicyclic amines) is 1. The van der Waals surface area contributed by atoms with Crippen molar-refractivity contribution in [2.45, 2.75) is 25.8 Å². The van der Waals surface area contributed by atoms with Crippen molar-refractivity contribution in [2.24, 2.45) is 7.05 Å². The lowest BCUT2D eigenvalue weighted by molar-refractivity contribution is 0.0683. The summed E-state index contributed by atoms with van der Waals surface area (Å²) in [7, 11) is 1.86. The number of carbonyl (C=O) groups is 1. The lowest BCUT2D eigenvalue weighted by Gasteiger charge is -2.31. The molecular weight excluding hydrogens is 334 g/mol. The summed E-state index contributed by atoms with van der Waals surface area (Å²) in [6.07, 6.45) is 5.63. The maximum absolute atomic E-state index is 12.4. The Kier molecular flexibility index (Phi) is 3.84. The van der Waals surface area contributed by atoms with E-state index >= 15 is 0 Å². The molecule has 0 N–H and O–H groups in total. The van der Waals surface area contributed by atoms with Crippen LogP contribution in [0.25, 0.3) is 0 Å². The van der Waals surface area contributed by atoms with Gasteiger partial charge in [-0.2, -0.15) is 10.2 Å². The molecule has 0 radical (unpaired) electrons. The molecule has 0 spiro atoms. The Bertz CT molecular complexity index is 635. The number of aryl methyl sites for hydroxylation is 2. The summed E-state index contributed by atoms with van der Waals surface area (Å²) in [5, 5.41) is 8.60. The predicted octanol–water partition coefficient (Wildman–Crippen LogP) is 2.16. The molecule has 0 aliphatic carbocycles. The first kappa shape index (κ1) is 14.3. The van der Waals surface area contributed by atoms with Gasteiger partial charge < -0.3 is 4.90 Å². The summed E-state index contributed by atoms with van der Waals surface area (Å²) in [4.78, 5) is 14.3. The van der Waals surface area contributed by atoms with E-state index in [1.165, 1.54) is 0 Å². The van der Waals surface area contributed by atoms with E-state index in [-0.39, 0.29) is 5.91 Å². The van der Waals surface area contributed by atoms with Crippen molar-refractivity contribution in [1.29, 1.82) is 0 Å². The monoisotopic (exact) mass is 351 g/mol. The average Bonchev–Trinajstić information content (AvgIpc) is 3.05. The number of aromatic nitrogens is 4. The van der Waals surface area contributed by atoms with E-state index in [1.54, 1.807) is 10.9 Å². The number of nitrogens with zero attached hydrogens (tertiary/aromatic N) is 5. The lowest BCUT2D eigenvalue weighted by atomic mass is 10.0. The fourth-order valence-electron chi connectivity index (χ4n) is 2.68. The Morgan fingerprint density at radius 2 is 2.10 bits per heavy atom. The molecule has 112 valence electrons. The van der Waals surface area contributed by atoms with Crippen LogP contribution < -0.4 is 0 Å². The number of halogens is 1. The van der Waals surface area contributed by atoms with Crippen LogP contribution in [-0.2, 0) is 7.05 Å². The van der Waals surface area contributed by atoms with E-state index in [9.17, 15) is 4.79 Å². The molecule has 1 aliphatic rings. The van der Waals surface area contributed by atoms with Crippen molar-refractivity contribution >= 4 is 21.8 Å². The molecule has 1 saturated heterocycles. The summed E-state index contributed by atoms with van der Waals surface area (Å²) in [5.74, 6) is 0.0267. The molecule has 3 rings (SSSR count). The topological polar surface area (TPSA) is 56.0 Å². The molecule has 0 unspecified atom stereocenters. The molecule has 1 amide bonds. The van der Waals surface area contributed by atoms with Crippen LogP contribution in [0.4, 0.5) is 0 Å². The van der Waals surface area contributed by atoms with E-state index in [4.69, 9.17) is 0 Å². The van der Waals surface area contributed by atoms with Crippen molar-refractivity contribution in [3.05, 3.63) is 34.3 Å². The second-order valence-electron chi connectivity index (χ2n) is 5.46. The number of piperidine rings is 1. The van der Waals surface area contributed by atoms with Crippen LogP contribution in [0.3, 0.4) is 0 Å². The fourth-order valence-corrected chi connectivity index (χ4v) is 2.98. The molecule has 0 atom stereocenters. The molecule has 3 heterocycles. The van der Waals surface area contributed by atoms with E-state index in [1.807, 2.05) is 35.8 Å². The van der Waals surface area contributed by atoms with Gasteiger partial charge in [-0.25, -0.2) is 0 Å². The van der Waals surface area contributed by atoms with E-state index < -0.39 is 0 Å². The zero-order chi connectivity index (χ0) is 15.0. The van der Waals surface area contributed by atoms with Crippen LogP contribution in [-0.4, -0.2) is 43.5 Å². The molecule has 1 aliphatic heterocycles. The molecule has 0 aromatic carbocycles. The van der Waals surface area contributed by atoms with Gasteiger partial charge in [0.15, 0.2) is 5.69 Å². The van der Waals surface area contributed by atoms with Gasteiger partial charge in [0.25, 0.3) is 5.91 Å². The Morgan fingerprint density at radius 1 is 1.38 bits per heavy atom. The Morgan fingerprint density at radius 3 is 2.62 bits per heavy atom. The van der Waals surface area contributed by atoms with Crippen molar-refractivity contribution in [2.75, 3.05) is 13.1 Å². The summed E-state index contributed by atoms with van der Waals surface area (Å²) < 4.78 is 4.71. The van der Waals surface area contributed by atoms with Gasteiger partial charge in [0, 0.05) is 32.0 Å². The van der Waals surface area contributed by atoms with Crippen LogP contribution in [0, 0.1) is 6.92 Å². The summed E-state index contributed by atoms with van der Waals surface area (Å²) in [6.45, 7) is 3.44. The molecule has 2 aromatic heterocycles. The van der Waals surface area contributed by atoms with Gasteiger partial charge in [-0.3, -0.25) is 14.2 Å². The first-order valence-corrected chi connectivity index (χ1v) is 7.83. The highest BCUT2D eigenvalue weighted by atomic mass is 79.9. The lowest BCUT2D eigenvalue weighted by Crippen LogP contribution is -2.39. The summed E-state index contributed by atoms with van der Waals surface area (Å²) in [6, 6.07) is 2.21. The van der Waals surface area contributed by atoms with Crippen LogP contribution in [0.2, 0.25) is 0 Å². The minimum atomic E-state index is 0.0267. The minimum absolute atomic E-state index is 0.0267. The van der Waals surface area contributed by atoms with Crippen LogP contribution in [0.15, 0.2) is 22.9 Å². The van der Waals surface area contributed by atoms with Crippen LogP contribution in [0.5, 0.6) is 0 Å². The fraction of sp³-hybridized carbons (Fsp3) is 0.500. The zero-order valence-electron chi connectivity index (χ0n) is 12.2. The molecule has 7 heteroatoms.